The van der Waals surface area contributed by atoms with Crippen LogP contribution in [0.1, 0.15) is 31.3 Å². The van der Waals surface area contributed by atoms with Gasteiger partial charge in [-0.25, -0.2) is 4.98 Å². The van der Waals surface area contributed by atoms with Gasteiger partial charge in [0.2, 0.25) is 0 Å². The molecule has 0 saturated carbocycles. The topological polar surface area (TPSA) is 58.4 Å². The molecule has 1 N–H and O–H groups in total. The second kappa shape index (κ2) is 5.63. The Bertz CT molecular complexity index is 631. The van der Waals surface area contributed by atoms with E-state index in [9.17, 15) is 4.79 Å². The van der Waals surface area contributed by atoms with Gasteiger partial charge in [0.1, 0.15) is 12.4 Å². The first-order valence-corrected chi connectivity index (χ1v) is 6.81. The number of aliphatic carboxylic acids is 1. The molecule has 0 bridgehead atoms. The molecule has 2 rings (SSSR count). The van der Waals surface area contributed by atoms with Crippen molar-refractivity contribution >= 4 is 17.0 Å². The minimum absolute atomic E-state index is 0.0600. The van der Waals surface area contributed by atoms with Crippen LogP contribution >= 0.6 is 0 Å². The maximum Gasteiger partial charge on any atom is 0.323 e. The van der Waals surface area contributed by atoms with E-state index in [2.05, 4.69) is 11.9 Å². The van der Waals surface area contributed by atoms with Gasteiger partial charge in [0.05, 0.1) is 17.1 Å². The Morgan fingerprint density at radius 1 is 1.45 bits per heavy atom. The second-order valence-corrected chi connectivity index (χ2v) is 5.27. The highest BCUT2D eigenvalue weighted by Crippen LogP contribution is 2.24. The first kappa shape index (κ1) is 14.5. The first-order valence-electron chi connectivity index (χ1n) is 6.81. The van der Waals surface area contributed by atoms with Gasteiger partial charge < -0.3 is 9.67 Å². The third-order valence-electron chi connectivity index (χ3n) is 3.69. The van der Waals surface area contributed by atoms with Crippen molar-refractivity contribution in [2.75, 3.05) is 14.1 Å². The maximum atomic E-state index is 11.1. The lowest BCUT2D eigenvalue weighted by atomic mass is 10.1. The number of fused-ring (bicyclic) bond motifs is 1. The lowest BCUT2D eigenvalue weighted by Gasteiger charge is -2.20. The fourth-order valence-electron chi connectivity index (χ4n) is 2.27. The van der Waals surface area contributed by atoms with Gasteiger partial charge in [-0.1, -0.05) is 13.0 Å². The fraction of sp³-hybridized carbons (Fsp3) is 0.467. The van der Waals surface area contributed by atoms with Crippen LogP contribution in [0.5, 0.6) is 0 Å². The molecule has 0 amide bonds. The van der Waals surface area contributed by atoms with E-state index in [1.807, 2.05) is 44.1 Å². The molecule has 0 saturated heterocycles. The summed E-state index contributed by atoms with van der Waals surface area (Å²) >= 11 is 0. The Kier molecular flexibility index (Phi) is 4.09. The van der Waals surface area contributed by atoms with Gasteiger partial charge in [-0.2, -0.15) is 0 Å². The molecule has 1 heterocycles. The van der Waals surface area contributed by atoms with Gasteiger partial charge >= 0.3 is 5.97 Å². The molecule has 0 fully saturated rings. The summed E-state index contributed by atoms with van der Waals surface area (Å²) in [6, 6.07) is 6.11. The Balaban J connectivity index is 2.62. The van der Waals surface area contributed by atoms with Crippen molar-refractivity contribution in [1.29, 1.82) is 0 Å². The average molecular weight is 275 g/mol. The highest BCUT2D eigenvalue weighted by Gasteiger charge is 2.19. The zero-order chi connectivity index (χ0) is 14.9. The van der Waals surface area contributed by atoms with E-state index >= 15 is 0 Å². The predicted molar refractivity (Wildman–Crippen MR) is 78.8 cm³/mol. The van der Waals surface area contributed by atoms with E-state index in [1.165, 1.54) is 5.56 Å². The summed E-state index contributed by atoms with van der Waals surface area (Å²) in [5.74, 6) is -0.0586. The number of carbonyl (C=O) groups is 1. The Morgan fingerprint density at radius 3 is 2.70 bits per heavy atom. The molecular formula is C15H21N3O2. The summed E-state index contributed by atoms with van der Waals surface area (Å²) < 4.78 is 1.79. The van der Waals surface area contributed by atoms with Gasteiger partial charge in [0, 0.05) is 0 Å². The molecule has 0 aliphatic heterocycles. The normalized spacial score (nSPS) is 13.1. The van der Waals surface area contributed by atoms with Crippen molar-refractivity contribution < 1.29 is 9.90 Å². The molecule has 0 aliphatic rings. The summed E-state index contributed by atoms with van der Waals surface area (Å²) in [5, 5.41) is 9.13. The van der Waals surface area contributed by atoms with E-state index in [-0.39, 0.29) is 12.6 Å². The number of carboxylic acids is 1. The third-order valence-corrected chi connectivity index (χ3v) is 3.69. The highest BCUT2D eigenvalue weighted by molar-refractivity contribution is 5.79. The number of hydrogen-bond acceptors (Lipinski definition) is 3. The monoisotopic (exact) mass is 275 g/mol. The predicted octanol–water partition coefficient (Wildman–Crippen LogP) is 2.31. The largest absolute Gasteiger partial charge is 0.480 e. The summed E-state index contributed by atoms with van der Waals surface area (Å²) in [7, 11) is 3.93. The Morgan fingerprint density at radius 2 is 2.15 bits per heavy atom. The van der Waals surface area contributed by atoms with E-state index in [0.717, 1.165) is 23.3 Å². The van der Waals surface area contributed by atoms with E-state index in [4.69, 9.17) is 5.11 Å². The molecule has 0 spiro atoms. The molecule has 1 aromatic carbocycles. The number of nitrogens with zero attached hydrogens (tertiary/aromatic N) is 3. The number of imidazole rings is 1. The van der Waals surface area contributed by atoms with Gasteiger partial charge in [-0.05, 0) is 45.1 Å². The van der Waals surface area contributed by atoms with E-state index < -0.39 is 5.97 Å². The minimum atomic E-state index is -0.851. The summed E-state index contributed by atoms with van der Waals surface area (Å²) in [6.07, 6.45) is 0.945. The van der Waals surface area contributed by atoms with Gasteiger partial charge in [0.15, 0.2) is 0 Å². The third kappa shape index (κ3) is 2.67. The molecule has 5 nitrogen and oxygen atoms in total. The van der Waals surface area contributed by atoms with E-state index in [0.29, 0.717) is 0 Å². The quantitative estimate of drug-likeness (QED) is 0.909. The lowest BCUT2D eigenvalue weighted by Crippen LogP contribution is -2.22. The van der Waals surface area contributed by atoms with Gasteiger partial charge in [-0.3, -0.25) is 9.69 Å². The van der Waals surface area contributed by atoms with Crippen LogP contribution < -0.4 is 0 Å². The average Bonchev–Trinajstić information content (AvgIpc) is 2.74. The molecule has 1 aromatic heterocycles. The number of aromatic nitrogens is 2. The maximum absolute atomic E-state index is 11.1. The molecule has 2 aromatic rings. The molecule has 5 heteroatoms. The van der Waals surface area contributed by atoms with Crippen LogP contribution in [0.25, 0.3) is 11.0 Å². The summed E-state index contributed by atoms with van der Waals surface area (Å²) in [6.45, 7) is 4.06. The van der Waals surface area contributed by atoms with Crippen molar-refractivity contribution in [1.82, 2.24) is 14.5 Å². The molecule has 108 valence electrons. The lowest BCUT2D eigenvalue weighted by molar-refractivity contribution is -0.137. The molecule has 0 radical (unpaired) electrons. The molecule has 1 unspecified atom stereocenters. The SMILES string of the molecule is CCc1ccc2c(c1)nc(C(C)N(C)C)n2CC(=O)O. The molecule has 20 heavy (non-hydrogen) atoms. The summed E-state index contributed by atoms with van der Waals surface area (Å²) in [4.78, 5) is 17.8. The Hall–Kier alpha value is -1.88. The molecule has 0 aliphatic carbocycles. The zero-order valence-corrected chi connectivity index (χ0v) is 12.4. The highest BCUT2D eigenvalue weighted by atomic mass is 16.4. The molecule has 1 atom stereocenters. The second-order valence-electron chi connectivity index (χ2n) is 5.27. The smallest absolute Gasteiger partial charge is 0.323 e. The van der Waals surface area contributed by atoms with Crippen LogP contribution in [0.2, 0.25) is 0 Å². The van der Waals surface area contributed by atoms with Gasteiger partial charge in [0.25, 0.3) is 0 Å². The number of hydrogen-bond donors (Lipinski definition) is 1. The van der Waals surface area contributed by atoms with Crippen molar-refractivity contribution in [2.24, 2.45) is 0 Å². The number of rotatable bonds is 5. The van der Waals surface area contributed by atoms with Crippen molar-refractivity contribution in [2.45, 2.75) is 32.9 Å². The number of carboxylic acid groups (broad SMARTS) is 1. The van der Waals surface area contributed by atoms with Crippen LogP contribution in [-0.4, -0.2) is 39.6 Å². The number of benzene rings is 1. The Labute approximate surface area is 118 Å². The summed E-state index contributed by atoms with van der Waals surface area (Å²) in [5.41, 5.74) is 2.96. The van der Waals surface area contributed by atoms with Crippen molar-refractivity contribution in [3.63, 3.8) is 0 Å². The number of aryl methyl sites for hydroxylation is 1. The minimum Gasteiger partial charge on any atom is -0.480 e. The van der Waals surface area contributed by atoms with Gasteiger partial charge in [-0.15, -0.1) is 0 Å². The standard InChI is InChI=1S/C15H21N3O2/c1-5-11-6-7-13-12(8-11)16-15(10(2)17(3)4)18(13)9-14(19)20/h6-8,10H,5,9H2,1-4H3,(H,19,20). The van der Waals surface area contributed by atoms with Crippen LogP contribution in [0.3, 0.4) is 0 Å². The fourth-order valence-corrected chi connectivity index (χ4v) is 2.27. The van der Waals surface area contributed by atoms with Crippen molar-refractivity contribution in [3.8, 4) is 0 Å². The van der Waals surface area contributed by atoms with Crippen LogP contribution in [0, 0.1) is 0 Å². The van der Waals surface area contributed by atoms with Crippen LogP contribution in [-0.2, 0) is 17.8 Å². The first-order chi connectivity index (χ1) is 9.43. The zero-order valence-electron chi connectivity index (χ0n) is 12.4. The molecular weight excluding hydrogens is 254 g/mol. The van der Waals surface area contributed by atoms with Crippen LogP contribution in [0.4, 0.5) is 0 Å². The van der Waals surface area contributed by atoms with Crippen LogP contribution in [0.15, 0.2) is 18.2 Å². The van der Waals surface area contributed by atoms with Crippen molar-refractivity contribution in [3.05, 3.63) is 29.6 Å². The van der Waals surface area contributed by atoms with E-state index in [1.54, 1.807) is 4.57 Å².